The number of carbonyl (C=O) groups excluding carboxylic acids is 3. The van der Waals surface area contributed by atoms with Gasteiger partial charge in [0.15, 0.2) is 0 Å². The van der Waals surface area contributed by atoms with Crippen molar-refractivity contribution in [3.05, 3.63) is 71.8 Å². The van der Waals surface area contributed by atoms with Gasteiger partial charge in [0.2, 0.25) is 0 Å². The molecule has 2 aromatic carbocycles. The van der Waals surface area contributed by atoms with Crippen LogP contribution < -0.4 is 0 Å². The first-order valence-corrected chi connectivity index (χ1v) is 17.2. The van der Waals surface area contributed by atoms with Crippen molar-refractivity contribution in [2.45, 2.75) is 90.8 Å². The van der Waals surface area contributed by atoms with E-state index in [0.717, 1.165) is 51.6 Å². The molecule has 0 N–H and O–H groups in total. The zero-order chi connectivity index (χ0) is 31.8. The second kappa shape index (κ2) is 13.0. The van der Waals surface area contributed by atoms with E-state index in [-0.39, 0.29) is 58.6 Å². The normalized spacial score (nSPS) is 36.3. The maximum atomic E-state index is 13.7. The van der Waals surface area contributed by atoms with Gasteiger partial charge in [0, 0.05) is 37.9 Å². The number of hydrogen-bond acceptors (Lipinski definition) is 6. The number of methoxy groups -OCH3 is 1. The number of hydrogen-bond donors (Lipinski definition) is 0. The maximum Gasteiger partial charge on any atom is 0.338 e. The van der Waals surface area contributed by atoms with Crippen LogP contribution in [0.2, 0.25) is 0 Å². The van der Waals surface area contributed by atoms with Gasteiger partial charge >= 0.3 is 11.9 Å². The molecule has 4 fully saturated rings. The third-order valence-electron chi connectivity index (χ3n) is 12.8. The highest BCUT2D eigenvalue weighted by molar-refractivity contribution is 5.90. The van der Waals surface area contributed by atoms with Crippen LogP contribution in [0.25, 0.3) is 0 Å². The van der Waals surface area contributed by atoms with Gasteiger partial charge < -0.3 is 14.2 Å². The number of Topliss-reactive ketones (excluding diaryl/α,β-unsaturated/α-hetero) is 1. The summed E-state index contributed by atoms with van der Waals surface area (Å²) in [6, 6.07) is 18.6. The van der Waals surface area contributed by atoms with Crippen molar-refractivity contribution in [3.8, 4) is 0 Å². The first-order valence-electron chi connectivity index (χ1n) is 17.2. The Morgan fingerprint density at radius 1 is 0.889 bits per heavy atom. The Bertz CT molecular complexity index is 1360. The van der Waals surface area contributed by atoms with Crippen LogP contribution in [-0.2, 0) is 19.0 Å². The largest absolute Gasteiger partial charge is 0.458 e. The fourth-order valence-electron chi connectivity index (χ4n) is 10.5. The molecule has 6 nitrogen and oxygen atoms in total. The molecule has 6 heteroatoms. The molecule has 0 spiro atoms. The van der Waals surface area contributed by atoms with E-state index in [9.17, 15) is 14.4 Å². The summed E-state index contributed by atoms with van der Waals surface area (Å²) in [4.78, 5) is 40.1. The molecule has 242 valence electrons. The Balaban J connectivity index is 1.39. The molecule has 6 rings (SSSR count). The van der Waals surface area contributed by atoms with E-state index in [4.69, 9.17) is 14.2 Å². The fourth-order valence-corrected chi connectivity index (χ4v) is 10.5. The van der Waals surface area contributed by atoms with Crippen molar-refractivity contribution in [2.75, 3.05) is 13.7 Å². The molecule has 2 aromatic rings. The molecule has 0 saturated heterocycles. The zero-order valence-electron chi connectivity index (χ0n) is 27.4. The molecule has 0 bridgehead atoms. The van der Waals surface area contributed by atoms with Crippen LogP contribution in [-0.4, -0.2) is 43.6 Å². The molecular formula is C39H50O6. The van der Waals surface area contributed by atoms with Gasteiger partial charge in [-0.2, -0.15) is 0 Å². The summed E-state index contributed by atoms with van der Waals surface area (Å²) in [5.74, 6) is 1.30. The van der Waals surface area contributed by atoms with Gasteiger partial charge in [0.25, 0.3) is 0 Å². The van der Waals surface area contributed by atoms with Crippen molar-refractivity contribution in [1.29, 1.82) is 0 Å². The molecule has 10 atom stereocenters. The Labute approximate surface area is 268 Å². The summed E-state index contributed by atoms with van der Waals surface area (Å²) < 4.78 is 18.6. The number of rotatable bonds is 9. The lowest BCUT2D eigenvalue weighted by Gasteiger charge is -2.63. The van der Waals surface area contributed by atoms with E-state index in [1.54, 1.807) is 7.11 Å². The lowest BCUT2D eigenvalue weighted by Crippen LogP contribution is -2.63. The maximum absolute atomic E-state index is 13.7. The molecule has 0 radical (unpaired) electrons. The van der Waals surface area contributed by atoms with Crippen molar-refractivity contribution in [3.63, 3.8) is 0 Å². The van der Waals surface area contributed by atoms with E-state index < -0.39 is 0 Å². The predicted molar refractivity (Wildman–Crippen MR) is 173 cm³/mol. The molecule has 0 amide bonds. The van der Waals surface area contributed by atoms with Crippen LogP contribution in [0.5, 0.6) is 0 Å². The Hall–Kier alpha value is -2.99. The molecule has 0 aliphatic heterocycles. The SMILES string of the molecule is COCCCC(C)C1CCC2C3C(OC(=O)c4ccccc4)CC4CC(=O)CCC4(C)C3CC(OC(=O)c3ccccc3)C12C. The van der Waals surface area contributed by atoms with Crippen LogP contribution in [0.4, 0.5) is 0 Å². The summed E-state index contributed by atoms with van der Waals surface area (Å²) in [5.41, 5.74) is 0.803. The second-order valence-electron chi connectivity index (χ2n) is 14.9. The lowest BCUT2D eigenvalue weighted by molar-refractivity contribution is -0.201. The minimum absolute atomic E-state index is 0.0743. The number of benzene rings is 2. The first kappa shape index (κ1) is 32.0. The summed E-state index contributed by atoms with van der Waals surface area (Å²) in [6.45, 7) is 7.84. The highest BCUT2D eigenvalue weighted by Gasteiger charge is 2.67. The van der Waals surface area contributed by atoms with Gasteiger partial charge in [0.05, 0.1) is 11.1 Å². The third-order valence-corrected chi connectivity index (χ3v) is 12.8. The number of ether oxygens (including phenoxy) is 3. The van der Waals surface area contributed by atoms with Crippen molar-refractivity contribution >= 4 is 17.7 Å². The van der Waals surface area contributed by atoms with Crippen LogP contribution in [0.3, 0.4) is 0 Å². The molecular weight excluding hydrogens is 564 g/mol. The predicted octanol–water partition coefficient (Wildman–Crippen LogP) is 7.95. The van der Waals surface area contributed by atoms with E-state index in [0.29, 0.717) is 41.6 Å². The van der Waals surface area contributed by atoms with Crippen molar-refractivity contribution in [2.24, 2.45) is 46.3 Å². The van der Waals surface area contributed by atoms with E-state index in [1.165, 1.54) is 0 Å². The Kier molecular flexibility index (Phi) is 9.25. The quantitative estimate of drug-likeness (QED) is 0.211. The highest BCUT2D eigenvalue weighted by atomic mass is 16.5. The number of fused-ring (bicyclic) bond motifs is 5. The van der Waals surface area contributed by atoms with Crippen LogP contribution >= 0.6 is 0 Å². The molecule has 45 heavy (non-hydrogen) atoms. The van der Waals surface area contributed by atoms with Crippen LogP contribution in [0.1, 0.15) is 99.3 Å². The van der Waals surface area contributed by atoms with Gasteiger partial charge in [-0.15, -0.1) is 0 Å². The summed E-state index contributed by atoms with van der Waals surface area (Å²) >= 11 is 0. The lowest BCUT2D eigenvalue weighted by atomic mass is 9.43. The topological polar surface area (TPSA) is 78.9 Å². The highest BCUT2D eigenvalue weighted by Crippen LogP contribution is 2.69. The van der Waals surface area contributed by atoms with Crippen LogP contribution in [0.15, 0.2) is 60.7 Å². The second-order valence-corrected chi connectivity index (χ2v) is 14.9. The third kappa shape index (κ3) is 5.88. The standard InChI is InChI=1S/C39H50O6/c1-25(12-11-21-43-4)30-17-18-31-35-32(24-34(39(30,31)3)45-37(42)27-15-9-6-10-16-27)38(2)20-19-29(40)22-28(38)23-33(35)44-36(41)26-13-7-5-8-14-26/h5-10,13-16,25,28,30-35H,11-12,17-24H2,1-4H3. The van der Waals surface area contributed by atoms with Crippen LogP contribution in [0, 0.1) is 46.3 Å². The number of esters is 2. The van der Waals surface area contributed by atoms with Gasteiger partial charge in [-0.3, -0.25) is 4.79 Å². The summed E-state index contributed by atoms with van der Waals surface area (Å²) in [6.07, 6.45) is 7.05. The molecule has 4 saturated carbocycles. The Morgan fingerprint density at radius 3 is 2.18 bits per heavy atom. The number of ketones is 1. The molecule has 0 heterocycles. The average molecular weight is 615 g/mol. The fraction of sp³-hybridized carbons (Fsp3) is 0.615. The van der Waals surface area contributed by atoms with E-state index in [2.05, 4.69) is 20.8 Å². The van der Waals surface area contributed by atoms with Gasteiger partial charge in [-0.25, -0.2) is 9.59 Å². The number of carbonyl (C=O) groups is 3. The van der Waals surface area contributed by atoms with Gasteiger partial charge in [0.1, 0.15) is 18.0 Å². The molecule has 4 aliphatic rings. The average Bonchev–Trinajstić information content (AvgIpc) is 3.41. The smallest absolute Gasteiger partial charge is 0.338 e. The van der Waals surface area contributed by atoms with Crippen molar-refractivity contribution in [1.82, 2.24) is 0 Å². The van der Waals surface area contributed by atoms with Gasteiger partial charge in [-0.05, 0) is 104 Å². The van der Waals surface area contributed by atoms with E-state index >= 15 is 0 Å². The zero-order valence-corrected chi connectivity index (χ0v) is 27.4. The molecule has 10 unspecified atom stereocenters. The van der Waals surface area contributed by atoms with Crippen molar-refractivity contribution < 1.29 is 28.6 Å². The minimum atomic E-state index is -0.285. The monoisotopic (exact) mass is 614 g/mol. The summed E-state index contributed by atoms with van der Waals surface area (Å²) in [5, 5.41) is 0. The minimum Gasteiger partial charge on any atom is -0.458 e. The summed E-state index contributed by atoms with van der Waals surface area (Å²) in [7, 11) is 1.75. The van der Waals surface area contributed by atoms with Gasteiger partial charge in [-0.1, -0.05) is 57.2 Å². The first-order chi connectivity index (χ1) is 21.7. The Morgan fingerprint density at radius 2 is 1.53 bits per heavy atom. The molecule has 4 aliphatic carbocycles. The van der Waals surface area contributed by atoms with E-state index in [1.807, 2.05) is 60.7 Å². The molecule has 0 aromatic heterocycles.